The molecule has 1 N–H and O–H groups in total. The van der Waals surface area contributed by atoms with Crippen LogP contribution in [0.2, 0.25) is 0 Å². The average molecular weight is 243 g/mol. The molecule has 92 valence electrons. The third kappa shape index (κ3) is 2.85. The summed E-state index contributed by atoms with van der Waals surface area (Å²) in [6.45, 7) is 2.15. The number of benzene rings is 1. The van der Waals surface area contributed by atoms with Gasteiger partial charge >= 0.3 is 5.97 Å². The van der Waals surface area contributed by atoms with Crippen molar-refractivity contribution in [3.05, 3.63) is 59.4 Å². The number of hydrogen-bond donors (Lipinski definition) is 1. The number of aryl methyl sites for hydroxylation is 1. The van der Waals surface area contributed by atoms with Gasteiger partial charge in [0.25, 0.3) is 0 Å². The number of hydrogen-bond acceptors (Lipinski definition) is 3. The first-order valence-electron chi connectivity index (χ1n) is 5.52. The van der Waals surface area contributed by atoms with Crippen LogP contribution in [0.5, 0.6) is 5.75 Å². The maximum Gasteiger partial charge on any atom is 0.339 e. The van der Waals surface area contributed by atoms with E-state index in [2.05, 4.69) is 4.98 Å². The summed E-state index contributed by atoms with van der Waals surface area (Å²) >= 11 is 0. The molecule has 18 heavy (non-hydrogen) atoms. The third-order valence-electron chi connectivity index (χ3n) is 2.48. The van der Waals surface area contributed by atoms with Crippen molar-refractivity contribution >= 4 is 5.97 Å². The fourth-order valence-electron chi connectivity index (χ4n) is 1.58. The van der Waals surface area contributed by atoms with Crippen LogP contribution in [0, 0.1) is 6.92 Å². The number of aromatic carboxylic acids is 1. The fraction of sp³-hybridized carbons (Fsp3) is 0.143. The summed E-state index contributed by atoms with van der Waals surface area (Å²) in [5.74, 6) is -0.614. The highest BCUT2D eigenvalue weighted by Gasteiger charge is 2.11. The number of nitrogens with zero attached hydrogens (tertiary/aromatic N) is 1. The normalized spacial score (nSPS) is 10.1. The lowest BCUT2D eigenvalue weighted by Gasteiger charge is -2.09. The molecule has 0 aliphatic heterocycles. The summed E-state index contributed by atoms with van der Waals surface area (Å²) in [7, 11) is 0. The number of carboxylic acids is 1. The maximum absolute atomic E-state index is 11.1. The summed E-state index contributed by atoms with van der Waals surface area (Å²) < 4.78 is 5.52. The quantitative estimate of drug-likeness (QED) is 0.896. The van der Waals surface area contributed by atoms with Crippen LogP contribution < -0.4 is 4.74 Å². The van der Waals surface area contributed by atoms with E-state index < -0.39 is 5.97 Å². The molecule has 0 unspecified atom stereocenters. The van der Waals surface area contributed by atoms with Gasteiger partial charge in [-0.2, -0.15) is 0 Å². The van der Waals surface area contributed by atoms with E-state index >= 15 is 0 Å². The molecule has 0 saturated heterocycles. The van der Waals surface area contributed by atoms with Crippen LogP contribution in [0.3, 0.4) is 0 Å². The molecule has 0 aliphatic carbocycles. The zero-order chi connectivity index (χ0) is 13.0. The van der Waals surface area contributed by atoms with E-state index in [1.165, 1.54) is 0 Å². The SMILES string of the molecule is Cc1ccc(OCc2cccnc2)c(C(=O)O)c1. The molecule has 1 heterocycles. The number of pyridine rings is 1. The molecule has 0 fully saturated rings. The van der Waals surface area contributed by atoms with Crippen LogP contribution >= 0.6 is 0 Å². The zero-order valence-electron chi connectivity index (χ0n) is 9.96. The molecule has 0 amide bonds. The van der Waals surface area contributed by atoms with Gasteiger partial charge in [-0.3, -0.25) is 4.98 Å². The monoisotopic (exact) mass is 243 g/mol. The largest absolute Gasteiger partial charge is 0.488 e. The number of ether oxygens (including phenoxy) is 1. The van der Waals surface area contributed by atoms with Crippen molar-refractivity contribution in [2.75, 3.05) is 0 Å². The van der Waals surface area contributed by atoms with Crippen molar-refractivity contribution < 1.29 is 14.6 Å². The van der Waals surface area contributed by atoms with E-state index in [0.29, 0.717) is 12.4 Å². The Morgan fingerprint density at radius 3 is 2.89 bits per heavy atom. The second-order valence-electron chi connectivity index (χ2n) is 3.95. The summed E-state index contributed by atoms with van der Waals surface area (Å²) in [4.78, 5) is 15.1. The minimum atomic E-state index is -0.986. The second-order valence-corrected chi connectivity index (χ2v) is 3.95. The second kappa shape index (κ2) is 5.31. The fourth-order valence-corrected chi connectivity index (χ4v) is 1.58. The van der Waals surface area contributed by atoms with Crippen LogP contribution in [0.15, 0.2) is 42.7 Å². The minimum Gasteiger partial charge on any atom is -0.488 e. The van der Waals surface area contributed by atoms with Crippen LogP contribution in [0.25, 0.3) is 0 Å². The molecule has 1 aromatic heterocycles. The Kier molecular flexibility index (Phi) is 3.57. The summed E-state index contributed by atoms with van der Waals surface area (Å²) in [5, 5.41) is 9.09. The summed E-state index contributed by atoms with van der Waals surface area (Å²) in [5.41, 5.74) is 1.97. The molecular formula is C14H13NO3. The first kappa shape index (κ1) is 12.1. The van der Waals surface area contributed by atoms with Gasteiger partial charge in [-0.05, 0) is 25.1 Å². The van der Waals surface area contributed by atoms with Crippen LogP contribution in [0.4, 0.5) is 0 Å². The molecule has 0 saturated carbocycles. The van der Waals surface area contributed by atoms with E-state index in [0.717, 1.165) is 11.1 Å². The highest BCUT2D eigenvalue weighted by Crippen LogP contribution is 2.21. The Balaban J connectivity index is 2.17. The van der Waals surface area contributed by atoms with Crippen LogP contribution in [0.1, 0.15) is 21.5 Å². The smallest absolute Gasteiger partial charge is 0.339 e. The highest BCUT2D eigenvalue weighted by molar-refractivity contribution is 5.91. The lowest BCUT2D eigenvalue weighted by Crippen LogP contribution is -2.04. The van der Waals surface area contributed by atoms with Crippen molar-refractivity contribution in [3.63, 3.8) is 0 Å². The molecule has 2 rings (SSSR count). The molecule has 0 radical (unpaired) electrons. The minimum absolute atomic E-state index is 0.180. The van der Waals surface area contributed by atoms with E-state index in [-0.39, 0.29) is 5.56 Å². The Morgan fingerprint density at radius 1 is 1.39 bits per heavy atom. The lowest BCUT2D eigenvalue weighted by molar-refractivity contribution is 0.0691. The van der Waals surface area contributed by atoms with Crippen LogP contribution in [-0.2, 0) is 6.61 Å². The van der Waals surface area contributed by atoms with Gasteiger partial charge in [-0.15, -0.1) is 0 Å². The predicted molar refractivity (Wildman–Crippen MR) is 66.7 cm³/mol. The topological polar surface area (TPSA) is 59.4 Å². The van der Waals surface area contributed by atoms with E-state index in [1.807, 2.05) is 25.1 Å². The van der Waals surface area contributed by atoms with Gasteiger partial charge in [0.15, 0.2) is 0 Å². The number of carbonyl (C=O) groups is 1. The molecule has 2 aromatic rings. The Morgan fingerprint density at radius 2 is 2.22 bits per heavy atom. The standard InChI is InChI=1S/C14H13NO3/c1-10-4-5-13(12(7-10)14(16)17)18-9-11-3-2-6-15-8-11/h2-8H,9H2,1H3,(H,16,17). The van der Waals surface area contributed by atoms with Gasteiger partial charge in [0.2, 0.25) is 0 Å². The van der Waals surface area contributed by atoms with Gasteiger partial charge in [-0.1, -0.05) is 17.7 Å². The molecule has 4 nitrogen and oxygen atoms in total. The van der Waals surface area contributed by atoms with Crippen molar-refractivity contribution in [1.29, 1.82) is 0 Å². The van der Waals surface area contributed by atoms with Crippen molar-refractivity contribution in [2.45, 2.75) is 13.5 Å². The van der Waals surface area contributed by atoms with Crippen molar-refractivity contribution in [1.82, 2.24) is 4.98 Å². The van der Waals surface area contributed by atoms with Gasteiger partial charge in [0.1, 0.15) is 17.9 Å². The number of aromatic nitrogens is 1. The molecule has 0 bridgehead atoms. The van der Waals surface area contributed by atoms with Gasteiger partial charge in [0, 0.05) is 18.0 Å². The van der Waals surface area contributed by atoms with Gasteiger partial charge in [-0.25, -0.2) is 4.79 Å². The predicted octanol–water partition coefficient (Wildman–Crippen LogP) is 2.67. The Hall–Kier alpha value is -2.36. The number of rotatable bonds is 4. The first-order chi connectivity index (χ1) is 8.66. The van der Waals surface area contributed by atoms with E-state index in [1.54, 1.807) is 24.5 Å². The molecule has 4 heteroatoms. The first-order valence-corrected chi connectivity index (χ1v) is 5.52. The van der Waals surface area contributed by atoms with Gasteiger partial charge in [0.05, 0.1) is 0 Å². The molecule has 1 aromatic carbocycles. The van der Waals surface area contributed by atoms with Crippen LogP contribution in [-0.4, -0.2) is 16.1 Å². The average Bonchev–Trinajstić information content (AvgIpc) is 2.38. The van der Waals surface area contributed by atoms with E-state index in [9.17, 15) is 4.79 Å². The van der Waals surface area contributed by atoms with E-state index in [4.69, 9.17) is 9.84 Å². The van der Waals surface area contributed by atoms with Crippen molar-refractivity contribution in [3.8, 4) is 5.75 Å². The molecule has 0 atom stereocenters. The highest BCUT2D eigenvalue weighted by atomic mass is 16.5. The Labute approximate surface area is 105 Å². The maximum atomic E-state index is 11.1. The zero-order valence-corrected chi connectivity index (χ0v) is 9.96. The lowest BCUT2D eigenvalue weighted by atomic mass is 10.1. The Bertz CT molecular complexity index is 552. The van der Waals surface area contributed by atoms with Crippen molar-refractivity contribution in [2.24, 2.45) is 0 Å². The van der Waals surface area contributed by atoms with Gasteiger partial charge < -0.3 is 9.84 Å². The molecule has 0 spiro atoms. The summed E-state index contributed by atoms with van der Waals surface area (Å²) in [6, 6.07) is 8.79. The molecule has 0 aliphatic rings. The number of carboxylic acid groups (broad SMARTS) is 1. The molecular weight excluding hydrogens is 230 g/mol. The third-order valence-corrected chi connectivity index (χ3v) is 2.48. The summed E-state index contributed by atoms with van der Waals surface area (Å²) in [6.07, 6.45) is 3.37.